The monoisotopic (exact) mass is 451 g/mol. The molecule has 3 nitrogen and oxygen atoms in total. The first-order valence-corrected chi connectivity index (χ1v) is 11.9. The number of hydrogen-bond donors (Lipinski definition) is 0. The van der Waals surface area contributed by atoms with Crippen LogP contribution in [0.4, 0.5) is 0 Å². The summed E-state index contributed by atoms with van der Waals surface area (Å²) >= 11 is 1.86. The molecule has 4 heteroatoms. The standard InChI is InChI=1S/C30H17N3S/c31-17-20-18-32-15-14-22(20)19-6-5-7-21(16-19)33-26-10-3-1-9-25(26)29-27(33)13-12-24-23-8-2-4-11-28(23)34-30(24)29/h1-16,18H. The maximum atomic E-state index is 9.58. The van der Waals surface area contributed by atoms with Gasteiger partial charge in [-0.3, -0.25) is 4.98 Å². The van der Waals surface area contributed by atoms with Gasteiger partial charge in [-0.1, -0.05) is 54.6 Å². The fraction of sp³-hybridized carbons (Fsp3) is 0. The van der Waals surface area contributed by atoms with Gasteiger partial charge in [0.15, 0.2) is 0 Å². The van der Waals surface area contributed by atoms with Crippen LogP contribution < -0.4 is 0 Å². The zero-order valence-corrected chi connectivity index (χ0v) is 18.9. The van der Waals surface area contributed by atoms with Crippen LogP contribution >= 0.6 is 11.3 Å². The summed E-state index contributed by atoms with van der Waals surface area (Å²) in [6, 6.07) is 34.4. The maximum absolute atomic E-state index is 9.58. The van der Waals surface area contributed by atoms with Gasteiger partial charge in [-0.15, -0.1) is 11.3 Å². The first kappa shape index (κ1) is 19.0. The first-order valence-electron chi connectivity index (χ1n) is 11.1. The zero-order chi connectivity index (χ0) is 22.6. The van der Waals surface area contributed by atoms with Gasteiger partial charge in [0.1, 0.15) is 6.07 Å². The number of rotatable bonds is 2. The molecule has 0 aliphatic rings. The fourth-order valence-corrected chi connectivity index (χ4v) is 6.32. The summed E-state index contributed by atoms with van der Waals surface area (Å²) in [6.45, 7) is 0. The van der Waals surface area contributed by atoms with Crippen molar-refractivity contribution >= 4 is 53.3 Å². The number of aromatic nitrogens is 2. The summed E-state index contributed by atoms with van der Waals surface area (Å²) < 4.78 is 4.97. The van der Waals surface area contributed by atoms with E-state index in [9.17, 15) is 5.26 Å². The second-order valence-corrected chi connectivity index (χ2v) is 9.42. The smallest absolute Gasteiger partial charge is 0.101 e. The van der Waals surface area contributed by atoms with Crippen molar-refractivity contribution in [2.24, 2.45) is 0 Å². The van der Waals surface area contributed by atoms with Gasteiger partial charge in [0, 0.05) is 54.6 Å². The highest BCUT2D eigenvalue weighted by Crippen LogP contribution is 2.43. The molecule has 0 aliphatic heterocycles. The van der Waals surface area contributed by atoms with E-state index >= 15 is 0 Å². The second-order valence-electron chi connectivity index (χ2n) is 8.37. The number of para-hydroxylation sites is 1. The van der Waals surface area contributed by atoms with Gasteiger partial charge in [0.25, 0.3) is 0 Å². The van der Waals surface area contributed by atoms with Crippen LogP contribution in [0.5, 0.6) is 0 Å². The largest absolute Gasteiger partial charge is 0.309 e. The quantitative estimate of drug-likeness (QED) is 0.266. The first-order chi connectivity index (χ1) is 16.8. The molecule has 0 bridgehead atoms. The number of hydrogen-bond acceptors (Lipinski definition) is 3. The van der Waals surface area contributed by atoms with Gasteiger partial charge < -0.3 is 4.57 Å². The Bertz CT molecular complexity index is 1930. The lowest BCUT2D eigenvalue weighted by atomic mass is 10.0. The Kier molecular flexibility index (Phi) is 4.08. The summed E-state index contributed by atoms with van der Waals surface area (Å²) in [6.07, 6.45) is 3.36. The maximum Gasteiger partial charge on any atom is 0.101 e. The number of benzene rings is 4. The van der Waals surface area contributed by atoms with Crippen LogP contribution in [0.25, 0.3) is 58.8 Å². The Labute approximate surface area is 199 Å². The third-order valence-electron chi connectivity index (χ3n) is 6.54. The Balaban J connectivity index is 1.57. The van der Waals surface area contributed by atoms with E-state index in [1.807, 2.05) is 17.4 Å². The number of nitrogens with zero attached hydrogens (tertiary/aromatic N) is 3. The van der Waals surface area contributed by atoms with Gasteiger partial charge in [-0.05, 0) is 42.0 Å². The van der Waals surface area contributed by atoms with Gasteiger partial charge in [0.2, 0.25) is 0 Å². The van der Waals surface area contributed by atoms with Crippen LogP contribution in [-0.2, 0) is 0 Å². The Hall–Kier alpha value is -4.46. The molecule has 34 heavy (non-hydrogen) atoms. The third-order valence-corrected chi connectivity index (χ3v) is 7.74. The molecule has 0 saturated carbocycles. The van der Waals surface area contributed by atoms with E-state index in [1.54, 1.807) is 12.4 Å². The van der Waals surface area contributed by atoms with Crippen LogP contribution in [0.1, 0.15) is 5.56 Å². The summed E-state index contributed by atoms with van der Waals surface area (Å²) in [5.41, 5.74) is 5.92. The second kappa shape index (κ2) is 7.28. The van der Waals surface area contributed by atoms with E-state index in [2.05, 4.69) is 101 Å². The summed E-state index contributed by atoms with van der Waals surface area (Å²) in [5, 5.41) is 14.7. The summed E-state index contributed by atoms with van der Waals surface area (Å²) in [4.78, 5) is 4.12. The van der Waals surface area contributed by atoms with Crippen molar-refractivity contribution in [2.75, 3.05) is 0 Å². The topological polar surface area (TPSA) is 41.6 Å². The van der Waals surface area contributed by atoms with Gasteiger partial charge in [0.05, 0.1) is 16.6 Å². The van der Waals surface area contributed by atoms with Crippen LogP contribution in [0, 0.1) is 11.3 Å². The minimum absolute atomic E-state index is 0.578. The van der Waals surface area contributed by atoms with E-state index < -0.39 is 0 Å². The van der Waals surface area contributed by atoms with Crippen molar-refractivity contribution in [1.29, 1.82) is 5.26 Å². The highest BCUT2D eigenvalue weighted by atomic mass is 32.1. The molecule has 0 saturated heterocycles. The van der Waals surface area contributed by atoms with E-state index in [0.29, 0.717) is 5.56 Å². The van der Waals surface area contributed by atoms with Crippen LogP contribution in [-0.4, -0.2) is 9.55 Å². The molecule has 0 atom stereocenters. The van der Waals surface area contributed by atoms with Gasteiger partial charge in [-0.25, -0.2) is 0 Å². The fourth-order valence-electron chi connectivity index (χ4n) is 5.06. The summed E-state index contributed by atoms with van der Waals surface area (Å²) in [5.74, 6) is 0. The molecule has 0 unspecified atom stereocenters. The van der Waals surface area contributed by atoms with Crippen molar-refractivity contribution in [1.82, 2.24) is 9.55 Å². The average Bonchev–Trinajstić information content (AvgIpc) is 3.44. The molecule has 0 spiro atoms. The lowest BCUT2D eigenvalue weighted by molar-refractivity contribution is 1.18. The van der Waals surface area contributed by atoms with Crippen LogP contribution in [0.15, 0.2) is 103 Å². The third kappa shape index (κ3) is 2.65. The predicted molar refractivity (Wildman–Crippen MR) is 142 cm³/mol. The summed E-state index contributed by atoms with van der Waals surface area (Å²) in [7, 11) is 0. The lowest BCUT2D eigenvalue weighted by Crippen LogP contribution is -1.95. The van der Waals surface area contributed by atoms with Crippen molar-refractivity contribution in [2.45, 2.75) is 0 Å². The van der Waals surface area contributed by atoms with Gasteiger partial charge >= 0.3 is 0 Å². The average molecular weight is 452 g/mol. The van der Waals surface area contributed by atoms with Crippen molar-refractivity contribution in [3.63, 3.8) is 0 Å². The molecular formula is C30H17N3S. The van der Waals surface area contributed by atoms with Crippen molar-refractivity contribution in [3.8, 4) is 22.9 Å². The van der Waals surface area contributed by atoms with E-state index in [1.165, 1.54) is 42.0 Å². The molecule has 7 aromatic rings. The number of thiophene rings is 1. The molecule has 0 aliphatic carbocycles. The molecule has 0 N–H and O–H groups in total. The molecule has 3 heterocycles. The highest BCUT2D eigenvalue weighted by Gasteiger charge is 2.17. The number of fused-ring (bicyclic) bond motifs is 7. The molecular weight excluding hydrogens is 434 g/mol. The minimum Gasteiger partial charge on any atom is -0.309 e. The van der Waals surface area contributed by atoms with Crippen LogP contribution in [0.2, 0.25) is 0 Å². The molecule has 0 fully saturated rings. The molecule has 158 valence electrons. The number of nitriles is 1. The zero-order valence-electron chi connectivity index (χ0n) is 18.1. The van der Waals surface area contributed by atoms with E-state index in [0.717, 1.165) is 16.8 Å². The molecule has 3 aromatic heterocycles. The molecule has 0 radical (unpaired) electrons. The van der Waals surface area contributed by atoms with E-state index in [4.69, 9.17) is 0 Å². The normalized spacial score (nSPS) is 11.5. The molecule has 4 aromatic carbocycles. The SMILES string of the molecule is N#Cc1cnccc1-c1cccc(-n2c3ccccc3c3c4sc5ccccc5c4ccc32)c1. The lowest BCUT2D eigenvalue weighted by Gasteiger charge is -2.11. The Morgan fingerprint density at radius 1 is 0.765 bits per heavy atom. The van der Waals surface area contributed by atoms with E-state index in [-0.39, 0.29) is 0 Å². The van der Waals surface area contributed by atoms with Crippen LogP contribution in [0.3, 0.4) is 0 Å². The molecule has 7 rings (SSSR count). The highest BCUT2D eigenvalue weighted by molar-refractivity contribution is 7.26. The minimum atomic E-state index is 0.578. The molecule has 0 amide bonds. The Morgan fingerprint density at radius 3 is 2.53 bits per heavy atom. The van der Waals surface area contributed by atoms with Crippen molar-refractivity contribution < 1.29 is 0 Å². The van der Waals surface area contributed by atoms with Crippen molar-refractivity contribution in [3.05, 3.63) is 109 Å². The number of pyridine rings is 1. The van der Waals surface area contributed by atoms with Gasteiger partial charge in [-0.2, -0.15) is 5.26 Å². The Morgan fingerprint density at radius 2 is 1.62 bits per heavy atom. The predicted octanol–water partition coefficient (Wildman–Crippen LogP) is 8.09.